The number of rotatable bonds is 5. The van der Waals surface area contributed by atoms with Crippen LogP contribution in [0.5, 0.6) is 0 Å². The molecule has 174 valence electrons. The number of anilines is 2. The molecular weight excluding hydrogens is 449 g/mol. The summed E-state index contributed by atoms with van der Waals surface area (Å²) < 4.78 is 66.3. The van der Waals surface area contributed by atoms with E-state index in [1.54, 1.807) is 23.5 Å². The molecule has 1 aromatic carbocycles. The van der Waals surface area contributed by atoms with Crippen molar-refractivity contribution < 1.29 is 31.1 Å². The quantitative estimate of drug-likeness (QED) is 0.609. The lowest BCUT2D eigenvalue weighted by Gasteiger charge is -2.19. The Labute approximate surface area is 182 Å². The summed E-state index contributed by atoms with van der Waals surface area (Å²) in [5.41, 5.74) is 3.14. The van der Waals surface area contributed by atoms with Crippen molar-refractivity contribution in [2.45, 2.75) is 61.9 Å². The van der Waals surface area contributed by atoms with Crippen LogP contribution in [-0.4, -0.2) is 43.0 Å². The topological polar surface area (TPSA) is 113 Å². The van der Waals surface area contributed by atoms with Crippen LogP contribution in [0.3, 0.4) is 0 Å². The molecule has 0 spiro atoms. The Kier molecular flexibility index (Phi) is 5.82. The van der Waals surface area contributed by atoms with Gasteiger partial charge in [-0.3, -0.25) is 5.10 Å². The number of aromatic amines is 1. The van der Waals surface area contributed by atoms with Crippen molar-refractivity contribution in [1.82, 2.24) is 15.5 Å². The number of nitrogens with zero attached hydrogens (tertiary/aromatic N) is 1. The highest BCUT2D eigenvalue weighted by Gasteiger charge is 2.38. The van der Waals surface area contributed by atoms with E-state index in [0.717, 1.165) is 29.4 Å². The van der Waals surface area contributed by atoms with Gasteiger partial charge in [-0.2, -0.15) is 18.3 Å². The molecule has 8 nitrogen and oxygen atoms in total. The number of nitrogens with one attached hydrogen (secondary N) is 3. The van der Waals surface area contributed by atoms with Crippen molar-refractivity contribution in [3.8, 4) is 0 Å². The van der Waals surface area contributed by atoms with Crippen molar-refractivity contribution in [2.24, 2.45) is 0 Å². The molecule has 0 unspecified atom stereocenters. The van der Waals surface area contributed by atoms with Gasteiger partial charge in [0.05, 0.1) is 11.5 Å². The lowest BCUT2D eigenvalue weighted by Crippen LogP contribution is -2.44. The van der Waals surface area contributed by atoms with Crippen LogP contribution in [0.4, 0.5) is 29.5 Å². The van der Waals surface area contributed by atoms with E-state index in [2.05, 4.69) is 15.5 Å². The minimum atomic E-state index is -4.52. The summed E-state index contributed by atoms with van der Waals surface area (Å²) in [5, 5.41) is 12.1. The first-order valence-electron chi connectivity index (χ1n) is 10.2. The number of H-pyrrole nitrogens is 1. The molecule has 0 saturated heterocycles. The summed E-state index contributed by atoms with van der Waals surface area (Å²) in [6.45, 7) is 0.859. The third-order valence-electron chi connectivity index (χ3n) is 5.75. The summed E-state index contributed by atoms with van der Waals surface area (Å²) in [5.74, 6) is 0.679. The molecule has 4 rings (SSSR count). The lowest BCUT2D eigenvalue weighted by molar-refractivity contribution is -0.150. The maximum Gasteiger partial charge on any atom is 0.408 e. The van der Waals surface area contributed by atoms with Crippen LogP contribution in [0.15, 0.2) is 24.3 Å². The third kappa shape index (κ3) is 5.17. The van der Waals surface area contributed by atoms with Crippen molar-refractivity contribution in [2.75, 3.05) is 5.32 Å². The highest BCUT2D eigenvalue weighted by molar-refractivity contribution is 7.90. The minimum absolute atomic E-state index is 0.0288. The zero-order chi connectivity index (χ0) is 23.1. The molecule has 12 heteroatoms. The van der Waals surface area contributed by atoms with Crippen LogP contribution < -0.4 is 10.6 Å². The predicted molar refractivity (Wildman–Crippen MR) is 110 cm³/mol. The van der Waals surface area contributed by atoms with E-state index in [0.29, 0.717) is 25.1 Å². The smallest absolute Gasteiger partial charge is 0.408 e. The van der Waals surface area contributed by atoms with E-state index >= 15 is 0 Å². The Balaban J connectivity index is 1.32. The van der Waals surface area contributed by atoms with Gasteiger partial charge >= 0.3 is 12.3 Å². The fraction of sp³-hybridized carbons (Fsp3) is 0.500. The minimum Gasteiger partial charge on any atom is -0.446 e. The molecule has 1 aliphatic carbocycles. The van der Waals surface area contributed by atoms with Crippen molar-refractivity contribution in [1.29, 1.82) is 0 Å². The molecule has 3 atom stereocenters. The number of fused-ring (bicyclic) bond motifs is 1. The van der Waals surface area contributed by atoms with Crippen molar-refractivity contribution in [3.63, 3.8) is 0 Å². The molecule has 2 aliphatic rings. The molecule has 3 N–H and O–H groups in total. The molecule has 0 radical (unpaired) electrons. The van der Waals surface area contributed by atoms with Gasteiger partial charge in [-0.05, 0) is 49.4 Å². The number of hydrogen-bond donors (Lipinski definition) is 3. The number of alkyl carbamates (subject to hydrolysis) is 1. The van der Waals surface area contributed by atoms with E-state index in [-0.39, 0.29) is 17.4 Å². The summed E-state index contributed by atoms with van der Waals surface area (Å²) in [6.07, 6.45) is -4.36. The predicted octanol–water partition coefficient (Wildman–Crippen LogP) is 3.89. The Morgan fingerprint density at radius 2 is 1.97 bits per heavy atom. The maximum atomic E-state index is 12.6. The van der Waals surface area contributed by atoms with Gasteiger partial charge in [-0.1, -0.05) is 6.07 Å². The molecule has 32 heavy (non-hydrogen) atoms. The summed E-state index contributed by atoms with van der Waals surface area (Å²) >= 11 is 0. The van der Waals surface area contributed by atoms with Gasteiger partial charge in [-0.15, -0.1) is 0 Å². The number of sulfone groups is 1. The van der Waals surface area contributed by atoms with Crippen LogP contribution in [-0.2, 0) is 26.1 Å². The summed E-state index contributed by atoms with van der Waals surface area (Å²) in [7, 11) is -3.08. The fourth-order valence-electron chi connectivity index (χ4n) is 4.04. The fourth-order valence-corrected chi connectivity index (χ4v) is 5.64. The molecule has 1 aromatic heterocycles. The Bertz CT molecular complexity index is 1120. The highest BCUT2D eigenvalue weighted by Crippen LogP contribution is 2.36. The maximum absolute atomic E-state index is 12.6. The Hall–Kier alpha value is -2.76. The first-order chi connectivity index (χ1) is 15.0. The number of carbonyl (C=O) groups is 1. The summed E-state index contributed by atoms with van der Waals surface area (Å²) in [6, 6.07) is 5.23. The van der Waals surface area contributed by atoms with Crippen LogP contribution in [0.2, 0.25) is 0 Å². The van der Waals surface area contributed by atoms with Gasteiger partial charge < -0.3 is 15.4 Å². The normalized spacial score (nSPS) is 22.9. The van der Waals surface area contributed by atoms with E-state index in [9.17, 15) is 26.4 Å². The SMILES string of the molecule is C[C@H](NC(=O)O[C@H]1CC[C@@H](c2cc(Nc3ccc4c(c3)CS(=O)(=O)C4)n[nH]2)C1)C(F)(F)F. The second kappa shape index (κ2) is 8.30. The van der Waals surface area contributed by atoms with Crippen molar-refractivity contribution in [3.05, 3.63) is 41.1 Å². The van der Waals surface area contributed by atoms with E-state index in [1.807, 2.05) is 6.07 Å². The van der Waals surface area contributed by atoms with Gasteiger partial charge in [-0.25, -0.2) is 13.2 Å². The molecule has 1 fully saturated rings. The Morgan fingerprint density at radius 1 is 1.22 bits per heavy atom. The number of carbonyl (C=O) groups excluding carboxylic acids is 1. The van der Waals surface area contributed by atoms with Crippen LogP contribution in [0, 0.1) is 0 Å². The number of aromatic nitrogens is 2. The first kappa shape index (κ1) is 22.4. The monoisotopic (exact) mass is 472 g/mol. The number of ether oxygens (including phenoxy) is 1. The number of benzene rings is 1. The van der Waals surface area contributed by atoms with Gasteiger partial charge in [0.2, 0.25) is 0 Å². The molecule has 1 saturated carbocycles. The lowest BCUT2D eigenvalue weighted by atomic mass is 10.0. The van der Waals surface area contributed by atoms with Gasteiger partial charge in [0, 0.05) is 23.4 Å². The van der Waals surface area contributed by atoms with E-state index in [1.165, 1.54) is 0 Å². The van der Waals surface area contributed by atoms with E-state index in [4.69, 9.17) is 4.74 Å². The Morgan fingerprint density at radius 3 is 2.72 bits per heavy atom. The van der Waals surface area contributed by atoms with Gasteiger partial charge in [0.15, 0.2) is 15.7 Å². The second-order valence-corrected chi connectivity index (χ2v) is 10.4. The molecule has 1 aliphatic heterocycles. The van der Waals surface area contributed by atoms with E-state index < -0.39 is 34.3 Å². The molecule has 0 bridgehead atoms. The molecular formula is C20H23F3N4O4S. The van der Waals surface area contributed by atoms with Crippen LogP contribution >= 0.6 is 0 Å². The molecule has 2 aromatic rings. The number of amides is 1. The first-order valence-corrected chi connectivity index (χ1v) is 12.0. The van der Waals surface area contributed by atoms with Crippen LogP contribution in [0.1, 0.15) is 48.9 Å². The highest BCUT2D eigenvalue weighted by atomic mass is 32.2. The zero-order valence-electron chi connectivity index (χ0n) is 17.2. The molecule has 1 amide bonds. The number of halogens is 3. The average Bonchev–Trinajstić information content (AvgIpc) is 3.38. The second-order valence-electron chi connectivity index (χ2n) is 8.29. The standard InChI is InChI=1S/C20H23F3N4O4S/c1-11(20(21,22)23)24-19(28)31-16-5-3-12(7-16)17-8-18(27-26-17)25-15-4-2-13-9-32(29,30)10-14(13)6-15/h2,4,6,8,11-12,16H,3,5,7,9-10H2,1H3,(H,24,28)(H2,25,26,27)/t11-,12+,16-/m0/s1. The zero-order valence-corrected chi connectivity index (χ0v) is 18.0. The summed E-state index contributed by atoms with van der Waals surface area (Å²) in [4.78, 5) is 11.7. The number of hydrogen-bond acceptors (Lipinski definition) is 6. The van der Waals surface area contributed by atoms with Gasteiger partial charge in [0.25, 0.3) is 0 Å². The largest absolute Gasteiger partial charge is 0.446 e. The van der Waals surface area contributed by atoms with Gasteiger partial charge in [0.1, 0.15) is 12.1 Å². The van der Waals surface area contributed by atoms with Crippen LogP contribution in [0.25, 0.3) is 0 Å². The van der Waals surface area contributed by atoms with Crippen molar-refractivity contribution >= 4 is 27.4 Å². The number of alkyl halides is 3. The average molecular weight is 472 g/mol. The molecule has 2 heterocycles. The third-order valence-corrected chi connectivity index (χ3v) is 7.25.